The maximum absolute atomic E-state index is 12.7. The summed E-state index contributed by atoms with van der Waals surface area (Å²) in [6.07, 6.45) is 0.343. The number of nitrogens with zero attached hydrogens (tertiary/aromatic N) is 2. The average Bonchev–Trinajstić information content (AvgIpc) is 2.77. The number of halogens is 1. The first-order chi connectivity index (χ1) is 9.13. The topological polar surface area (TPSA) is 70.7 Å². The molecule has 100 valence electrons. The van der Waals surface area contributed by atoms with E-state index in [0.717, 1.165) is 4.90 Å². The van der Waals surface area contributed by atoms with Crippen molar-refractivity contribution in [3.8, 4) is 0 Å². The lowest BCUT2D eigenvalue weighted by atomic mass is 10.4. The van der Waals surface area contributed by atoms with Crippen molar-refractivity contribution in [1.29, 1.82) is 0 Å². The van der Waals surface area contributed by atoms with Gasteiger partial charge in [-0.05, 0) is 31.2 Å². The van der Waals surface area contributed by atoms with E-state index in [-0.39, 0.29) is 17.7 Å². The molecule has 19 heavy (non-hydrogen) atoms. The number of rotatable bonds is 5. The van der Waals surface area contributed by atoms with Gasteiger partial charge in [-0.15, -0.1) is 16.9 Å². The predicted molar refractivity (Wildman–Crippen MR) is 71.5 cm³/mol. The minimum absolute atomic E-state index is 0.145. The van der Waals surface area contributed by atoms with Crippen molar-refractivity contribution in [3.63, 3.8) is 0 Å². The summed E-state index contributed by atoms with van der Waals surface area (Å²) < 4.78 is 12.7. The second-order valence-electron chi connectivity index (χ2n) is 3.84. The molecule has 0 atom stereocenters. The van der Waals surface area contributed by atoms with Gasteiger partial charge in [0.15, 0.2) is 0 Å². The van der Waals surface area contributed by atoms with Crippen LogP contribution in [0.15, 0.2) is 29.2 Å². The van der Waals surface area contributed by atoms with Gasteiger partial charge in [0.25, 0.3) is 0 Å². The smallest absolute Gasteiger partial charge is 0.248 e. The number of nitrogens with one attached hydrogen (secondary N) is 2. The van der Waals surface area contributed by atoms with Crippen LogP contribution >= 0.6 is 11.8 Å². The standard InChI is InChI=1S/C12H13FN4OS/c1-8-14-12(17-16-8)15-11(18)6-7-19-10-4-2-9(13)3-5-10/h2-5H,6-7H2,1H3,(H2,14,15,16,17,18). The van der Waals surface area contributed by atoms with Crippen LogP contribution in [0.2, 0.25) is 0 Å². The van der Waals surface area contributed by atoms with Crippen LogP contribution < -0.4 is 5.32 Å². The Balaban J connectivity index is 1.73. The second kappa shape index (κ2) is 6.33. The molecule has 0 aliphatic rings. The van der Waals surface area contributed by atoms with Crippen LogP contribution in [0.4, 0.5) is 10.3 Å². The van der Waals surface area contributed by atoms with E-state index in [1.54, 1.807) is 19.1 Å². The number of aromatic amines is 1. The van der Waals surface area contributed by atoms with Gasteiger partial charge in [-0.25, -0.2) is 4.39 Å². The number of hydrogen-bond acceptors (Lipinski definition) is 4. The average molecular weight is 280 g/mol. The maximum Gasteiger partial charge on any atom is 0.248 e. The summed E-state index contributed by atoms with van der Waals surface area (Å²) in [5, 5.41) is 9.05. The van der Waals surface area contributed by atoms with Gasteiger partial charge < -0.3 is 0 Å². The lowest BCUT2D eigenvalue weighted by Crippen LogP contribution is -2.13. The SMILES string of the molecule is Cc1nc(NC(=O)CCSc2ccc(F)cc2)n[nH]1. The molecule has 0 saturated heterocycles. The summed E-state index contributed by atoms with van der Waals surface area (Å²) in [4.78, 5) is 16.5. The van der Waals surface area contributed by atoms with E-state index < -0.39 is 0 Å². The van der Waals surface area contributed by atoms with E-state index in [0.29, 0.717) is 18.0 Å². The molecule has 0 unspecified atom stereocenters. The van der Waals surface area contributed by atoms with E-state index >= 15 is 0 Å². The van der Waals surface area contributed by atoms with E-state index in [4.69, 9.17) is 0 Å². The number of carbonyl (C=O) groups is 1. The van der Waals surface area contributed by atoms with Gasteiger partial charge in [0.2, 0.25) is 11.9 Å². The molecule has 0 fully saturated rings. The highest BCUT2D eigenvalue weighted by Crippen LogP contribution is 2.18. The number of anilines is 1. The monoisotopic (exact) mass is 280 g/mol. The Labute approximate surface area is 114 Å². The van der Waals surface area contributed by atoms with Gasteiger partial charge in [0, 0.05) is 17.1 Å². The zero-order valence-corrected chi connectivity index (χ0v) is 11.1. The summed E-state index contributed by atoms with van der Waals surface area (Å²) in [7, 11) is 0. The molecule has 0 aliphatic heterocycles. The minimum Gasteiger partial charge on any atom is -0.293 e. The number of hydrogen-bond donors (Lipinski definition) is 2. The quantitative estimate of drug-likeness (QED) is 0.825. The molecule has 0 spiro atoms. The highest BCUT2D eigenvalue weighted by Gasteiger charge is 2.06. The lowest BCUT2D eigenvalue weighted by Gasteiger charge is -2.02. The summed E-state index contributed by atoms with van der Waals surface area (Å²) >= 11 is 1.50. The number of aryl methyl sites for hydroxylation is 1. The molecular weight excluding hydrogens is 267 g/mol. The fourth-order valence-electron chi connectivity index (χ4n) is 1.38. The largest absolute Gasteiger partial charge is 0.293 e. The van der Waals surface area contributed by atoms with Crippen molar-refractivity contribution >= 4 is 23.6 Å². The minimum atomic E-state index is -0.262. The first kappa shape index (κ1) is 13.5. The third kappa shape index (κ3) is 4.36. The number of carbonyl (C=O) groups excluding carboxylic acids is 1. The fraction of sp³-hybridized carbons (Fsp3) is 0.250. The summed E-state index contributed by atoms with van der Waals surface area (Å²) in [6, 6.07) is 6.19. The van der Waals surface area contributed by atoms with Crippen molar-refractivity contribution < 1.29 is 9.18 Å². The molecule has 0 saturated carbocycles. The van der Waals surface area contributed by atoms with Crippen molar-refractivity contribution in [3.05, 3.63) is 35.9 Å². The van der Waals surface area contributed by atoms with Crippen LogP contribution in [-0.4, -0.2) is 26.8 Å². The first-order valence-corrected chi connectivity index (χ1v) is 6.69. The molecule has 1 aromatic heterocycles. The molecule has 5 nitrogen and oxygen atoms in total. The zero-order valence-electron chi connectivity index (χ0n) is 10.3. The Morgan fingerprint density at radius 1 is 1.42 bits per heavy atom. The fourth-order valence-corrected chi connectivity index (χ4v) is 2.23. The van der Waals surface area contributed by atoms with Gasteiger partial charge in [-0.1, -0.05) is 0 Å². The predicted octanol–water partition coefficient (Wildman–Crippen LogP) is 2.37. The van der Waals surface area contributed by atoms with Crippen molar-refractivity contribution in [2.45, 2.75) is 18.2 Å². The molecule has 1 heterocycles. The summed E-state index contributed by atoms with van der Waals surface area (Å²) in [5.74, 6) is 1.14. The van der Waals surface area contributed by atoms with Gasteiger partial charge in [-0.3, -0.25) is 15.2 Å². The maximum atomic E-state index is 12.7. The normalized spacial score (nSPS) is 10.4. The highest BCUT2D eigenvalue weighted by atomic mass is 32.2. The van der Waals surface area contributed by atoms with Crippen LogP contribution in [-0.2, 0) is 4.79 Å². The Kier molecular flexibility index (Phi) is 4.51. The Morgan fingerprint density at radius 2 is 2.16 bits per heavy atom. The van der Waals surface area contributed by atoms with Crippen LogP contribution in [0.1, 0.15) is 12.2 Å². The third-order valence-electron chi connectivity index (χ3n) is 2.26. The molecule has 1 aromatic carbocycles. The zero-order chi connectivity index (χ0) is 13.7. The summed E-state index contributed by atoms with van der Waals surface area (Å²) in [5.41, 5.74) is 0. The highest BCUT2D eigenvalue weighted by molar-refractivity contribution is 7.99. The third-order valence-corrected chi connectivity index (χ3v) is 3.27. The number of aromatic nitrogens is 3. The molecule has 1 amide bonds. The van der Waals surface area contributed by atoms with Gasteiger partial charge in [0.05, 0.1) is 0 Å². The first-order valence-electron chi connectivity index (χ1n) is 5.71. The molecule has 2 rings (SSSR count). The van der Waals surface area contributed by atoms with Crippen molar-refractivity contribution in [2.24, 2.45) is 0 Å². The molecule has 2 aromatic rings. The number of thioether (sulfide) groups is 1. The van der Waals surface area contributed by atoms with Gasteiger partial charge in [0.1, 0.15) is 11.6 Å². The van der Waals surface area contributed by atoms with E-state index in [1.807, 2.05) is 0 Å². The van der Waals surface area contributed by atoms with Crippen LogP contribution in [0.5, 0.6) is 0 Å². The lowest BCUT2D eigenvalue weighted by molar-refractivity contribution is -0.115. The van der Waals surface area contributed by atoms with Crippen LogP contribution in [0.3, 0.4) is 0 Å². The van der Waals surface area contributed by atoms with E-state index in [2.05, 4.69) is 20.5 Å². The Morgan fingerprint density at radius 3 is 2.79 bits per heavy atom. The molecule has 0 bridgehead atoms. The van der Waals surface area contributed by atoms with Crippen molar-refractivity contribution in [2.75, 3.05) is 11.1 Å². The molecular formula is C12H13FN4OS. The Bertz CT molecular complexity index is 555. The second-order valence-corrected chi connectivity index (χ2v) is 5.01. The molecule has 2 N–H and O–H groups in total. The molecule has 7 heteroatoms. The summed E-state index contributed by atoms with van der Waals surface area (Å²) in [6.45, 7) is 1.76. The van der Waals surface area contributed by atoms with E-state index in [9.17, 15) is 9.18 Å². The van der Waals surface area contributed by atoms with Gasteiger partial charge in [-0.2, -0.15) is 4.98 Å². The number of benzene rings is 1. The van der Waals surface area contributed by atoms with Crippen LogP contribution in [0.25, 0.3) is 0 Å². The van der Waals surface area contributed by atoms with Crippen LogP contribution in [0, 0.1) is 12.7 Å². The molecule has 0 aliphatic carbocycles. The number of amides is 1. The molecule has 0 radical (unpaired) electrons. The Hall–Kier alpha value is -1.89. The number of H-pyrrole nitrogens is 1. The van der Waals surface area contributed by atoms with Gasteiger partial charge >= 0.3 is 0 Å². The van der Waals surface area contributed by atoms with E-state index in [1.165, 1.54) is 23.9 Å². The van der Waals surface area contributed by atoms with Crippen molar-refractivity contribution in [1.82, 2.24) is 15.2 Å².